The molecule has 192 valence electrons. The van der Waals surface area contributed by atoms with Gasteiger partial charge in [0, 0.05) is 28.7 Å². The second-order valence-corrected chi connectivity index (χ2v) is 10.1. The lowest BCUT2D eigenvalue weighted by Gasteiger charge is -2.43. The summed E-state index contributed by atoms with van der Waals surface area (Å²) in [7, 11) is 4.19. The van der Waals surface area contributed by atoms with E-state index < -0.39 is 17.5 Å². The van der Waals surface area contributed by atoms with Crippen molar-refractivity contribution in [3.8, 4) is 0 Å². The fourth-order valence-electron chi connectivity index (χ4n) is 6.13. The molecular weight excluding hydrogens is 468 g/mol. The summed E-state index contributed by atoms with van der Waals surface area (Å²) in [5.41, 5.74) is 4.00. The first-order valence-electron chi connectivity index (χ1n) is 12.9. The third-order valence-corrected chi connectivity index (χ3v) is 8.16. The Morgan fingerprint density at radius 3 is 2.51 bits per heavy atom. The highest BCUT2D eigenvalue weighted by Crippen LogP contribution is 2.42. The maximum absolute atomic E-state index is 14.7. The molecule has 2 unspecified atom stereocenters. The Morgan fingerprint density at radius 1 is 1.05 bits per heavy atom. The molecule has 4 aromatic rings. The lowest BCUT2D eigenvalue weighted by molar-refractivity contribution is 0.0587. The van der Waals surface area contributed by atoms with Gasteiger partial charge in [-0.05, 0) is 75.2 Å². The maximum atomic E-state index is 14.7. The van der Waals surface area contributed by atoms with E-state index in [4.69, 9.17) is 0 Å². The van der Waals surface area contributed by atoms with Gasteiger partial charge < -0.3 is 9.88 Å². The van der Waals surface area contributed by atoms with Crippen LogP contribution in [0.4, 0.5) is 8.78 Å². The number of nitrogens with zero attached hydrogens (tertiary/aromatic N) is 2. The molecule has 1 amide bonds. The Hall–Kier alpha value is -3.51. The molecule has 1 aliphatic heterocycles. The minimum Gasteiger partial charge on any atom is -0.356 e. The molecule has 0 bridgehead atoms. The monoisotopic (exact) mass is 501 g/mol. The van der Waals surface area contributed by atoms with E-state index in [1.54, 1.807) is 4.90 Å². The van der Waals surface area contributed by atoms with Crippen LogP contribution in [0.25, 0.3) is 10.9 Å². The summed E-state index contributed by atoms with van der Waals surface area (Å²) < 4.78 is 28.7. The van der Waals surface area contributed by atoms with Gasteiger partial charge in [-0.3, -0.25) is 9.69 Å². The van der Waals surface area contributed by atoms with Crippen molar-refractivity contribution in [2.75, 3.05) is 20.6 Å². The van der Waals surface area contributed by atoms with Crippen molar-refractivity contribution in [1.29, 1.82) is 0 Å². The molecule has 0 radical (unpaired) electrons. The molecule has 4 nitrogen and oxygen atoms in total. The number of aromatic amines is 1. The van der Waals surface area contributed by atoms with Gasteiger partial charge in [0.15, 0.2) is 0 Å². The average molecular weight is 502 g/mol. The molecule has 0 aliphatic carbocycles. The lowest BCUT2D eigenvalue weighted by atomic mass is 9.79. The Morgan fingerprint density at radius 2 is 1.78 bits per heavy atom. The first kappa shape index (κ1) is 25.2. The van der Waals surface area contributed by atoms with Crippen LogP contribution in [0.2, 0.25) is 0 Å². The standard InChI is InChI=1S/C31H33F2N3O/c1-4-31(35(2)3,21-10-6-5-7-11-21)18-16-28-29-24(23-12-8-9-13-27(23)34-29)17-19-36(28)30(37)25-20-22(32)14-15-26(25)33/h5-15,20,28,34H,4,16-19H2,1-3H3. The van der Waals surface area contributed by atoms with Gasteiger partial charge in [-0.15, -0.1) is 0 Å². The summed E-state index contributed by atoms with van der Waals surface area (Å²) in [6, 6.07) is 21.4. The summed E-state index contributed by atoms with van der Waals surface area (Å²) >= 11 is 0. The number of carbonyl (C=O) groups is 1. The smallest absolute Gasteiger partial charge is 0.257 e. The van der Waals surface area contributed by atoms with E-state index in [0.717, 1.165) is 47.6 Å². The van der Waals surface area contributed by atoms with Crippen molar-refractivity contribution in [3.63, 3.8) is 0 Å². The van der Waals surface area contributed by atoms with Crippen LogP contribution < -0.4 is 0 Å². The predicted molar refractivity (Wildman–Crippen MR) is 143 cm³/mol. The first-order valence-corrected chi connectivity index (χ1v) is 12.9. The minimum atomic E-state index is -0.701. The van der Waals surface area contributed by atoms with E-state index in [-0.39, 0.29) is 17.1 Å². The van der Waals surface area contributed by atoms with Crippen LogP contribution in [0.15, 0.2) is 72.8 Å². The van der Waals surface area contributed by atoms with Gasteiger partial charge in [0.05, 0.1) is 11.6 Å². The zero-order valence-electron chi connectivity index (χ0n) is 21.6. The molecule has 37 heavy (non-hydrogen) atoms. The molecule has 2 atom stereocenters. The number of rotatable bonds is 7. The quantitative estimate of drug-likeness (QED) is 0.301. The fourth-order valence-corrected chi connectivity index (χ4v) is 6.13. The van der Waals surface area contributed by atoms with Crippen LogP contribution in [0.3, 0.4) is 0 Å². The van der Waals surface area contributed by atoms with Crippen LogP contribution >= 0.6 is 0 Å². The number of halogens is 2. The Bertz CT molecular complexity index is 1410. The summed E-state index contributed by atoms with van der Waals surface area (Å²) in [6.07, 6.45) is 3.01. The van der Waals surface area contributed by atoms with Crippen molar-refractivity contribution >= 4 is 16.8 Å². The van der Waals surface area contributed by atoms with Crippen LogP contribution in [0, 0.1) is 11.6 Å². The minimum absolute atomic E-state index is 0.220. The summed E-state index contributed by atoms with van der Waals surface area (Å²) in [6.45, 7) is 2.63. The molecule has 3 aromatic carbocycles. The molecule has 1 aliphatic rings. The highest BCUT2D eigenvalue weighted by Gasteiger charge is 2.39. The molecule has 0 saturated carbocycles. The first-order chi connectivity index (χ1) is 17.9. The summed E-state index contributed by atoms with van der Waals surface area (Å²) in [5, 5.41) is 1.16. The van der Waals surface area contributed by atoms with Crippen molar-refractivity contribution in [2.24, 2.45) is 0 Å². The Labute approximate surface area is 216 Å². The molecule has 6 heteroatoms. The van der Waals surface area contributed by atoms with Gasteiger partial charge in [-0.1, -0.05) is 55.5 Å². The number of carbonyl (C=O) groups excluding carboxylic acids is 1. The van der Waals surface area contributed by atoms with Gasteiger partial charge in [0.25, 0.3) is 5.91 Å². The number of fused-ring (bicyclic) bond motifs is 3. The van der Waals surface area contributed by atoms with E-state index in [1.807, 2.05) is 24.3 Å². The Balaban J connectivity index is 1.57. The van der Waals surface area contributed by atoms with Gasteiger partial charge in [0.1, 0.15) is 11.6 Å². The van der Waals surface area contributed by atoms with E-state index >= 15 is 0 Å². The molecule has 0 fully saturated rings. The number of benzene rings is 3. The lowest BCUT2D eigenvalue weighted by Crippen LogP contribution is -2.44. The number of amides is 1. The third-order valence-electron chi connectivity index (χ3n) is 8.16. The average Bonchev–Trinajstić information content (AvgIpc) is 3.29. The molecule has 0 saturated heterocycles. The van der Waals surface area contributed by atoms with Gasteiger partial charge in [-0.25, -0.2) is 8.78 Å². The summed E-state index contributed by atoms with van der Waals surface area (Å²) in [5.74, 6) is -1.79. The third kappa shape index (κ3) is 4.44. The summed E-state index contributed by atoms with van der Waals surface area (Å²) in [4.78, 5) is 21.3. The number of H-pyrrole nitrogens is 1. The maximum Gasteiger partial charge on any atom is 0.257 e. The molecular formula is C31H33F2N3O. The van der Waals surface area contributed by atoms with Crippen LogP contribution in [-0.4, -0.2) is 41.3 Å². The molecule has 1 N–H and O–H groups in total. The second kappa shape index (κ2) is 10.1. The zero-order chi connectivity index (χ0) is 26.2. The van der Waals surface area contributed by atoms with E-state index in [0.29, 0.717) is 19.4 Å². The largest absolute Gasteiger partial charge is 0.356 e. The highest BCUT2D eigenvalue weighted by molar-refractivity contribution is 5.95. The molecule has 1 aromatic heterocycles. The van der Waals surface area contributed by atoms with Gasteiger partial charge in [-0.2, -0.15) is 0 Å². The number of aromatic nitrogens is 1. The second-order valence-electron chi connectivity index (χ2n) is 10.1. The number of para-hydroxylation sites is 1. The predicted octanol–water partition coefficient (Wildman–Crippen LogP) is 6.83. The van der Waals surface area contributed by atoms with Crippen LogP contribution in [0.1, 0.15) is 59.4 Å². The van der Waals surface area contributed by atoms with Gasteiger partial charge >= 0.3 is 0 Å². The number of hydrogen-bond donors (Lipinski definition) is 1. The van der Waals surface area contributed by atoms with Crippen molar-refractivity contribution in [1.82, 2.24) is 14.8 Å². The van der Waals surface area contributed by atoms with E-state index in [9.17, 15) is 13.6 Å². The van der Waals surface area contributed by atoms with E-state index in [2.05, 4.69) is 61.2 Å². The SMILES string of the molecule is CCC(CCC1c2[nH]c3ccccc3c2CCN1C(=O)c1cc(F)ccc1F)(c1ccccc1)N(C)C. The van der Waals surface area contributed by atoms with Crippen LogP contribution in [-0.2, 0) is 12.0 Å². The van der Waals surface area contributed by atoms with Gasteiger partial charge in [0.2, 0.25) is 0 Å². The topological polar surface area (TPSA) is 39.3 Å². The van der Waals surface area contributed by atoms with Crippen molar-refractivity contribution in [3.05, 3.63) is 107 Å². The Kier molecular flexibility index (Phi) is 6.86. The molecule has 0 spiro atoms. The fraction of sp³-hybridized carbons (Fsp3) is 0.323. The highest BCUT2D eigenvalue weighted by atomic mass is 19.1. The van der Waals surface area contributed by atoms with Crippen molar-refractivity contribution in [2.45, 2.75) is 44.2 Å². The van der Waals surface area contributed by atoms with Crippen molar-refractivity contribution < 1.29 is 13.6 Å². The molecule has 2 heterocycles. The van der Waals surface area contributed by atoms with Crippen LogP contribution in [0.5, 0.6) is 0 Å². The number of hydrogen-bond acceptors (Lipinski definition) is 2. The molecule has 5 rings (SSSR count). The normalized spacial score (nSPS) is 17.1. The van der Waals surface area contributed by atoms with E-state index in [1.165, 1.54) is 11.1 Å². The zero-order valence-corrected chi connectivity index (χ0v) is 21.6. The number of nitrogens with one attached hydrogen (secondary N) is 1.